The van der Waals surface area contributed by atoms with E-state index in [-0.39, 0.29) is 0 Å². The third-order valence-electron chi connectivity index (χ3n) is 3.57. The van der Waals surface area contributed by atoms with Crippen molar-refractivity contribution < 1.29 is 22.6 Å². The number of ether oxygens (including phenoxy) is 2. The second-order valence-electron chi connectivity index (χ2n) is 5.09. The van der Waals surface area contributed by atoms with Crippen LogP contribution < -0.4 is 5.32 Å². The summed E-state index contributed by atoms with van der Waals surface area (Å²) < 4.78 is 49.9. The molecule has 0 bridgehead atoms. The molecule has 0 spiro atoms. The van der Waals surface area contributed by atoms with Gasteiger partial charge in [0, 0.05) is 12.0 Å². The minimum absolute atomic E-state index is 0.405. The van der Waals surface area contributed by atoms with Crippen LogP contribution in [0.5, 0.6) is 0 Å². The van der Waals surface area contributed by atoms with Gasteiger partial charge in [0.25, 0.3) is 0 Å². The summed E-state index contributed by atoms with van der Waals surface area (Å²) in [4.78, 5) is 0. The highest BCUT2D eigenvalue weighted by atomic mass is 19.4. The summed E-state index contributed by atoms with van der Waals surface area (Å²) in [6.07, 6.45) is -2.07. The Bertz CT molecular complexity index is 456. The fourth-order valence-corrected chi connectivity index (χ4v) is 2.50. The number of hydrogen-bond donors (Lipinski definition) is 1. The first-order valence-electron chi connectivity index (χ1n) is 7.08. The normalized spacial score (nSPS) is 18.1. The Morgan fingerprint density at radius 2 is 1.90 bits per heavy atom. The van der Waals surface area contributed by atoms with Crippen molar-refractivity contribution in [3.8, 4) is 0 Å². The zero-order chi connectivity index (χ0) is 15.3. The van der Waals surface area contributed by atoms with Crippen molar-refractivity contribution in [2.24, 2.45) is 0 Å². The molecule has 118 valence electrons. The lowest BCUT2D eigenvalue weighted by Crippen LogP contribution is -2.28. The van der Waals surface area contributed by atoms with Crippen LogP contribution in [-0.4, -0.2) is 26.8 Å². The molecular formula is C15H20F3NO2. The molecule has 0 aliphatic carbocycles. The summed E-state index contributed by atoms with van der Waals surface area (Å²) in [6.45, 7) is 1.67. The number of halogens is 3. The van der Waals surface area contributed by atoms with Crippen molar-refractivity contribution in [2.75, 3.05) is 26.8 Å². The highest BCUT2D eigenvalue weighted by Gasteiger charge is 2.40. The molecule has 0 atom stereocenters. The Kier molecular flexibility index (Phi) is 5.24. The van der Waals surface area contributed by atoms with E-state index in [1.165, 1.54) is 6.07 Å². The van der Waals surface area contributed by atoms with Gasteiger partial charge in [0.15, 0.2) is 5.79 Å². The number of alkyl halides is 3. The summed E-state index contributed by atoms with van der Waals surface area (Å²) >= 11 is 0. The van der Waals surface area contributed by atoms with E-state index in [1.807, 2.05) is 7.05 Å². The van der Waals surface area contributed by atoms with Gasteiger partial charge in [-0.3, -0.25) is 0 Å². The Labute approximate surface area is 122 Å². The van der Waals surface area contributed by atoms with Crippen LogP contribution in [0.1, 0.15) is 30.4 Å². The lowest BCUT2D eigenvalue weighted by molar-refractivity contribution is -0.172. The van der Waals surface area contributed by atoms with Crippen LogP contribution in [-0.2, 0) is 21.4 Å². The molecule has 0 aromatic heterocycles. The Morgan fingerprint density at radius 1 is 1.19 bits per heavy atom. The first-order valence-corrected chi connectivity index (χ1v) is 7.08. The molecule has 0 amide bonds. The van der Waals surface area contributed by atoms with Crippen molar-refractivity contribution in [1.82, 2.24) is 5.32 Å². The van der Waals surface area contributed by atoms with Gasteiger partial charge in [-0.1, -0.05) is 12.1 Å². The third kappa shape index (κ3) is 3.96. The summed E-state index contributed by atoms with van der Waals surface area (Å²) in [7, 11) is 1.87. The van der Waals surface area contributed by atoms with Crippen LogP contribution in [0.15, 0.2) is 24.3 Å². The van der Waals surface area contributed by atoms with Crippen LogP contribution in [0.2, 0.25) is 0 Å². The maximum atomic E-state index is 12.8. The molecule has 6 heteroatoms. The van der Waals surface area contributed by atoms with Crippen LogP contribution in [0, 0.1) is 0 Å². The molecule has 2 rings (SSSR count). The van der Waals surface area contributed by atoms with E-state index in [2.05, 4.69) is 5.32 Å². The standard InChI is InChI=1S/C15H20F3NO2/c1-19-8-3-2-7-14(20-9-10-21-14)12-5-4-6-13(11-12)15(16,17)18/h4-6,11,19H,2-3,7-10H2,1H3. The average molecular weight is 303 g/mol. The minimum atomic E-state index is -4.36. The van der Waals surface area contributed by atoms with Gasteiger partial charge in [0.2, 0.25) is 0 Å². The first kappa shape index (κ1) is 16.3. The van der Waals surface area contributed by atoms with E-state index in [9.17, 15) is 13.2 Å². The summed E-state index contributed by atoms with van der Waals surface area (Å²) in [6, 6.07) is 5.23. The molecular weight excluding hydrogens is 283 g/mol. The SMILES string of the molecule is CNCCCCC1(c2cccc(C(F)(F)F)c2)OCCO1. The molecule has 1 aromatic rings. The number of hydrogen-bond acceptors (Lipinski definition) is 3. The smallest absolute Gasteiger partial charge is 0.343 e. The molecule has 0 saturated carbocycles. The first-order chi connectivity index (χ1) is 9.98. The van der Waals surface area contributed by atoms with Crippen molar-refractivity contribution in [1.29, 1.82) is 0 Å². The lowest BCUT2D eigenvalue weighted by Gasteiger charge is -2.28. The average Bonchev–Trinajstić information content (AvgIpc) is 2.93. The Balaban J connectivity index is 2.18. The van der Waals surface area contributed by atoms with Gasteiger partial charge in [0.1, 0.15) is 0 Å². The number of rotatable bonds is 6. The van der Waals surface area contributed by atoms with Gasteiger partial charge >= 0.3 is 6.18 Å². The van der Waals surface area contributed by atoms with E-state index in [0.717, 1.165) is 31.5 Å². The largest absolute Gasteiger partial charge is 0.416 e. The van der Waals surface area contributed by atoms with Gasteiger partial charge in [-0.25, -0.2) is 0 Å². The Hall–Kier alpha value is -1.11. The topological polar surface area (TPSA) is 30.5 Å². The molecule has 1 heterocycles. The van der Waals surface area contributed by atoms with E-state index < -0.39 is 17.5 Å². The van der Waals surface area contributed by atoms with Crippen molar-refractivity contribution >= 4 is 0 Å². The molecule has 0 unspecified atom stereocenters. The van der Waals surface area contributed by atoms with Gasteiger partial charge in [-0.05, 0) is 38.6 Å². The minimum Gasteiger partial charge on any atom is -0.343 e. The number of benzene rings is 1. The second-order valence-corrected chi connectivity index (χ2v) is 5.09. The highest BCUT2D eigenvalue weighted by molar-refractivity contribution is 5.29. The molecule has 1 saturated heterocycles. The van der Waals surface area contributed by atoms with Crippen molar-refractivity contribution in [2.45, 2.75) is 31.2 Å². The zero-order valence-corrected chi connectivity index (χ0v) is 12.0. The molecule has 0 radical (unpaired) electrons. The maximum absolute atomic E-state index is 12.8. The predicted octanol–water partition coefficient (Wildman–Crippen LogP) is 3.29. The van der Waals surface area contributed by atoms with Gasteiger partial charge in [-0.15, -0.1) is 0 Å². The van der Waals surface area contributed by atoms with Crippen LogP contribution >= 0.6 is 0 Å². The number of nitrogens with one attached hydrogen (secondary N) is 1. The molecule has 1 aliphatic rings. The zero-order valence-electron chi connectivity index (χ0n) is 12.0. The van der Waals surface area contributed by atoms with Gasteiger partial charge in [-0.2, -0.15) is 13.2 Å². The molecule has 1 aliphatic heterocycles. The van der Waals surface area contributed by atoms with E-state index in [1.54, 1.807) is 6.07 Å². The second kappa shape index (κ2) is 6.77. The highest BCUT2D eigenvalue weighted by Crippen LogP contribution is 2.39. The molecule has 1 aromatic carbocycles. The molecule has 3 nitrogen and oxygen atoms in total. The summed E-state index contributed by atoms with van der Waals surface area (Å²) in [5.41, 5.74) is -0.229. The summed E-state index contributed by atoms with van der Waals surface area (Å²) in [5, 5.41) is 3.04. The van der Waals surface area contributed by atoms with Crippen LogP contribution in [0.4, 0.5) is 13.2 Å². The van der Waals surface area contributed by atoms with Crippen molar-refractivity contribution in [3.05, 3.63) is 35.4 Å². The van der Waals surface area contributed by atoms with E-state index >= 15 is 0 Å². The quantitative estimate of drug-likeness (QED) is 0.818. The van der Waals surface area contributed by atoms with Gasteiger partial charge in [0.05, 0.1) is 18.8 Å². The Morgan fingerprint density at radius 3 is 2.52 bits per heavy atom. The molecule has 1 fully saturated rings. The fraction of sp³-hybridized carbons (Fsp3) is 0.600. The third-order valence-corrected chi connectivity index (χ3v) is 3.57. The maximum Gasteiger partial charge on any atom is 0.416 e. The van der Waals surface area contributed by atoms with E-state index in [4.69, 9.17) is 9.47 Å². The molecule has 21 heavy (non-hydrogen) atoms. The van der Waals surface area contributed by atoms with Gasteiger partial charge < -0.3 is 14.8 Å². The summed E-state index contributed by atoms with van der Waals surface area (Å²) in [5.74, 6) is -1.03. The molecule has 1 N–H and O–H groups in total. The van der Waals surface area contributed by atoms with Crippen LogP contribution in [0.3, 0.4) is 0 Å². The monoisotopic (exact) mass is 303 g/mol. The lowest BCUT2D eigenvalue weighted by atomic mass is 9.97. The van der Waals surface area contributed by atoms with Crippen molar-refractivity contribution in [3.63, 3.8) is 0 Å². The van der Waals surface area contributed by atoms with Crippen LogP contribution in [0.25, 0.3) is 0 Å². The number of unbranched alkanes of at least 4 members (excludes halogenated alkanes) is 1. The fourth-order valence-electron chi connectivity index (χ4n) is 2.50. The predicted molar refractivity (Wildman–Crippen MR) is 72.8 cm³/mol. The van der Waals surface area contributed by atoms with E-state index in [0.29, 0.717) is 25.2 Å².